The third kappa shape index (κ3) is 4.81. The van der Waals surface area contributed by atoms with Crippen LogP contribution in [-0.4, -0.2) is 47.0 Å². The number of likely N-dealkylation sites (tertiary alicyclic amines) is 1. The standard InChI is InChI=1S/C17H20N4O2.2ClH/c1-18-12-5-4-10-21(11-12)17(23)13-7-8-15(20-16(13)22)14-6-2-3-9-19-14;;/h2-3,6-9,12,18H,4-5,10-11H2,1H3,(H,20,22);2*1H. The summed E-state index contributed by atoms with van der Waals surface area (Å²) in [7, 11) is 1.90. The predicted octanol–water partition coefficient (Wildman–Crippen LogP) is 2.10. The molecular formula is C17H22Cl2N4O2. The SMILES string of the molecule is CNC1CCCN(C(=O)c2ccc(-c3ccccn3)[nH]c2=O)C1.Cl.Cl. The molecule has 25 heavy (non-hydrogen) atoms. The second kappa shape index (κ2) is 9.56. The van der Waals surface area contributed by atoms with E-state index in [9.17, 15) is 9.59 Å². The van der Waals surface area contributed by atoms with E-state index in [1.807, 2.05) is 25.2 Å². The Morgan fingerprint density at radius 3 is 2.72 bits per heavy atom. The Kier molecular flexibility index (Phi) is 8.09. The number of amides is 1. The fourth-order valence-electron chi connectivity index (χ4n) is 2.88. The molecule has 1 saturated heterocycles. The van der Waals surface area contributed by atoms with Gasteiger partial charge in [0.2, 0.25) is 0 Å². The molecule has 0 saturated carbocycles. The van der Waals surface area contributed by atoms with Crippen molar-refractivity contribution >= 4 is 30.7 Å². The molecule has 3 rings (SSSR count). The first-order valence-corrected chi connectivity index (χ1v) is 7.80. The van der Waals surface area contributed by atoms with Gasteiger partial charge in [0.25, 0.3) is 11.5 Å². The van der Waals surface area contributed by atoms with E-state index in [0.717, 1.165) is 12.8 Å². The molecule has 2 aromatic heterocycles. The average Bonchev–Trinajstić information content (AvgIpc) is 2.62. The summed E-state index contributed by atoms with van der Waals surface area (Å²) in [6.45, 7) is 1.33. The number of hydrogen-bond acceptors (Lipinski definition) is 4. The number of aromatic nitrogens is 2. The van der Waals surface area contributed by atoms with Crippen LogP contribution >= 0.6 is 24.8 Å². The minimum Gasteiger partial charge on any atom is -0.337 e. The highest BCUT2D eigenvalue weighted by Gasteiger charge is 2.25. The number of likely N-dealkylation sites (N-methyl/N-ethyl adjacent to an activating group) is 1. The summed E-state index contributed by atoms with van der Waals surface area (Å²) >= 11 is 0. The molecule has 1 aliphatic rings. The lowest BCUT2D eigenvalue weighted by atomic mass is 10.0. The maximum Gasteiger partial charge on any atom is 0.261 e. The van der Waals surface area contributed by atoms with Crippen LogP contribution in [0.2, 0.25) is 0 Å². The molecule has 1 fully saturated rings. The second-order valence-electron chi connectivity index (χ2n) is 5.71. The summed E-state index contributed by atoms with van der Waals surface area (Å²) in [5.41, 5.74) is 1.10. The Bertz CT molecular complexity index is 752. The van der Waals surface area contributed by atoms with Crippen LogP contribution in [0.3, 0.4) is 0 Å². The molecule has 2 aromatic rings. The van der Waals surface area contributed by atoms with Crippen LogP contribution in [-0.2, 0) is 0 Å². The number of rotatable bonds is 3. The zero-order chi connectivity index (χ0) is 16.2. The first-order valence-electron chi connectivity index (χ1n) is 7.80. The molecule has 2 N–H and O–H groups in total. The van der Waals surface area contributed by atoms with E-state index in [1.165, 1.54) is 0 Å². The maximum atomic E-state index is 12.6. The van der Waals surface area contributed by atoms with E-state index in [4.69, 9.17) is 0 Å². The molecule has 3 heterocycles. The lowest BCUT2D eigenvalue weighted by Gasteiger charge is -2.32. The fraction of sp³-hybridized carbons (Fsp3) is 0.353. The van der Waals surface area contributed by atoms with Gasteiger partial charge < -0.3 is 15.2 Å². The molecule has 8 heteroatoms. The van der Waals surface area contributed by atoms with E-state index in [0.29, 0.717) is 30.5 Å². The molecular weight excluding hydrogens is 363 g/mol. The number of halogens is 2. The van der Waals surface area contributed by atoms with Gasteiger partial charge in [-0.3, -0.25) is 14.6 Å². The smallest absolute Gasteiger partial charge is 0.261 e. The van der Waals surface area contributed by atoms with Crippen LogP contribution in [0.1, 0.15) is 23.2 Å². The summed E-state index contributed by atoms with van der Waals surface area (Å²) in [5, 5.41) is 3.20. The first-order chi connectivity index (χ1) is 11.2. The summed E-state index contributed by atoms with van der Waals surface area (Å²) in [6, 6.07) is 9.10. The number of piperidine rings is 1. The number of nitrogens with zero attached hydrogens (tertiary/aromatic N) is 2. The van der Waals surface area contributed by atoms with Crippen molar-refractivity contribution in [1.82, 2.24) is 20.2 Å². The first kappa shape index (κ1) is 21.2. The van der Waals surface area contributed by atoms with Gasteiger partial charge in [0.1, 0.15) is 5.56 Å². The Morgan fingerprint density at radius 1 is 1.28 bits per heavy atom. The van der Waals surface area contributed by atoms with Gasteiger partial charge in [-0.25, -0.2) is 0 Å². The van der Waals surface area contributed by atoms with E-state index < -0.39 is 0 Å². The van der Waals surface area contributed by atoms with Gasteiger partial charge in [0.15, 0.2) is 0 Å². The van der Waals surface area contributed by atoms with Gasteiger partial charge in [-0.1, -0.05) is 6.07 Å². The Balaban J connectivity index is 0.00000156. The number of nitrogens with one attached hydrogen (secondary N) is 2. The van der Waals surface area contributed by atoms with Crippen LogP contribution < -0.4 is 10.9 Å². The summed E-state index contributed by atoms with van der Waals surface area (Å²) in [5.74, 6) is -0.209. The monoisotopic (exact) mass is 384 g/mol. The minimum atomic E-state index is -0.371. The van der Waals surface area contributed by atoms with Crippen molar-refractivity contribution in [2.45, 2.75) is 18.9 Å². The maximum absolute atomic E-state index is 12.6. The van der Waals surface area contributed by atoms with Crippen molar-refractivity contribution in [3.05, 3.63) is 52.4 Å². The number of hydrogen-bond donors (Lipinski definition) is 2. The molecule has 1 aliphatic heterocycles. The Labute approximate surface area is 158 Å². The molecule has 0 aliphatic carbocycles. The Morgan fingerprint density at radius 2 is 2.08 bits per heavy atom. The minimum absolute atomic E-state index is 0. The van der Waals surface area contributed by atoms with Crippen LogP contribution in [0.25, 0.3) is 11.4 Å². The van der Waals surface area contributed by atoms with Gasteiger partial charge in [-0.2, -0.15) is 0 Å². The molecule has 6 nitrogen and oxygen atoms in total. The van der Waals surface area contributed by atoms with Gasteiger partial charge in [-0.05, 0) is 44.2 Å². The number of H-pyrrole nitrogens is 1. The molecule has 0 radical (unpaired) electrons. The van der Waals surface area contributed by atoms with Gasteiger partial charge in [0.05, 0.1) is 11.4 Å². The zero-order valence-electron chi connectivity index (χ0n) is 13.9. The molecule has 1 amide bonds. The van der Waals surface area contributed by atoms with Crippen LogP contribution in [0, 0.1) is 0 Å². The quantitative estimate of drug-likeness (QED) is 0.849. The third-order valence-electron chi connectivity index (χ3n) is 4.20. The molecule has 0 bridgehead atoms. The van der Waals surface area contributed by atoms with Crippen LogP contribution in [0.5, 0.6) is 0 Å². The van der Waals surface area contributed by atoms with Crippen LogP contribution in [0.15, 0.2) is 41.3 Å². The van der Waals surface area contributed by atoms with Gasteiger partial charge in [-0.15, -0.1) is 24.8 Å². The second-order valence-corrected chi connectivity index (χ2v) is 5.71. The van der Waals surface area contributed by atoms with E-state index in [1.54, 1.807) is 23.2 Å². The van der Waals surface area contributed by atoms with Gasteiger partial charge >= 0.3 is 0 Å². The highest BCUT2D eigenvalue weighted by Crippen LogP contribution is 2.15. The summed E-state index contributed by atoms with van der Waals surface area (Å²) < 4.78 is 0. The number of aromatic amines is 1. The highest BCUT2D eigenvalue weighted by atomic mass is 35.5. The lowest BCUT2D eigenvalue weighted by molar-refractivity contribution is 0.0696. The Hall–Kier alpha value is -1.89. The van der Waals surface area contributed by atoms with Crippen molar-refractivity contribution in [3.63, 3.8) is 0 Å². The fourth-order valence-corrected chi connectivity index (χ4v) is 2.88. The van der Waals surface area contributed by atoms with Crippen molar-refractivity contribution in [2.24, 2.45) is 0 Å². The normalized spacial score (nSPS) is 16.5. The topological polar surface area (TPSA) is 78.1 Å². The summed E-state index contributed by atoms with van der Waals surface area (Å²) in [4.78, 5) is 33.6. The number of pyridine rings is 2. The van der Waals surface area contributed by atoms with Crippen molar-refractivity contribution in [3.8, 4) is 11.4 Å². The summed E-state index contributed by atoms with van der Waals surface area (Å²) in [6.07, 6.45) is 3.66. The zero-order valence-corrected chi connectivity index (χ0v) is 15.5. The molecule has 1 unspecified atom stereocenters. The van der Waals surface area contributed by atoms with Gasteiger partial charge in [0, 0.05) is 25.3 Å². The average molecular weight is 385 g/mol. The molecule has 0 aromatic carbocycles. The lowest BCUT2D eigenvalue weighted by Crippen LogP contribution is -2.47. The van der Waals surface area contributed by atoms with Crippen molar-refractivity contribution < 1.29 is 4.79 Å². The predicted molar refractivity (Wildman–Crippen MR) is 103 cm³/mol. The largest absolute Gasteiger partial charge is 0.337 e. The van der Waals surface area contributed by atoms with E-state index >= 15 is 0 Å². The van der Waals surface area contributed by atoms with E-state index in [2.05, 4.69) is 15.3 Å². The van der Waals surface area contributed by atoms with E-state index in [-0.39, 0.29) is 41.8 Å². The van der Waals surface area contributed by atoms with Crippen LogP contribution in [0.4, 0.5) is 0 Å². The highest BCUT2D eigenvalue weighted by molar-refractivity contribution is 5.94. The third-order valence-corrected chi connectivity index (χ3v) is 4.20. The molecule has 136 valence electrons. The number of carbonyl (C=O) groups excluding carboxylic acids is 1. The van der Waals surface area contributed by atoms with Crippen molar-refractivity contribution in [1.29, 1.82) is 0 Å². The molecule has 1 atom stereocenters. The number of carbonyl (C=O) groups is 1. The molecule has 0 spiro atoms. The van der Waals surface area contributed by atoms with Crippen molar-refractivity contribution in [2.75, 3.05) is 20.1 Å².